The minimum absolute atomic E-state index is 0.0910. The third-order valence-corrected chi connectivity index (χ3v) is 6.01. The molecule has 2 aromatic carbocycles. The number of nitro benzene ring substituents is 1. The normalized spacial score (nSPS) is 10.8. The number of aryl methyl sites for hydroxylation is 1. The summed E-state index contributed by atoms with van der Waals surface area (Å²) < 4.78 is 6.59. The van der Waals surface area contributed by atoms with Crippen LogP contribution < -0.4 is 10.1 Å². The van der Waals surface area contributed by atoms with Crippen LogP contribution >= 0.6 is 22.7 Å². The van der Waals surface area contributed by atoms with Crippen molar-refractivity contribution in [2.75, 3.05) is 5.32 Å². The Morgan fingerprint density at radius 2 is 2.07 bits per heavy atom. The van der Waals surface area contributed by atoms with Crippen molar-refractivity contribution >= 4 is 49.6 Å². The second-order valence-corrected chi connectivity index (χ2v) is 8.22. The topological polar surface area (TPSA) is 94.4 Å². The quantitative estimate of drug-likeness (QED) is 0.329. The van der Waals surface area contributed by atoms with Gasteiger partial charge in [0.2, 0.25) is 0 Å². The smallest absolute Gasteiger partial charge is 0.310 e. The molecular formula is C20H15N3O4S2. The molecule has 7 nitrogen and oxygen atoms in total. The predicted octanol–water partition coefficient (Wildman–Crippen LogP) is 5.41. The van der Waals surface area contributed by atoms with Crippen LogP contribution in [0.15, 0.2) is 53.9 Å². The number of carbonyl (C=O) groups is 1. The van der Waals surface area contributed by atoms with Crippen LogP contribution in [-0.4, -0.2) is 15.8 Å². The summed E-state index contributed by atoms with van der Waals surface area (Å²) in [7, 11) is 0. The summed E-state index contributed by atoms with van der Waals surface area (Å²) in [5.41, 5.74) is 2.66. The standard InChI is InChI=1S/C20H15N3O4S2/c1-12-6-7-14-17(8-12)29-20(21-14)22-19(24)18-9-13(11-28-18)10-27-16-5-3-2-4-15(16)23(25)26/h2-9,11H,10H2,1H3,(H,21,22,24). The molecule has 0 aliphatic carbocycles. The van der Waals surface area contributed by atoms with Gasteiger partial charge >= 0.3 is 5.69 Å². The maximum Gasteiger partial charge on any atom is 0.310 e. The van der Waals surface area contributed by atoms with E-state index in [2.05, 4.69) is 10.3 Å². The molecule has 0 saturated heterocycles. The first-order valence-corrected chi connectivity index (χ1v) is 10.3. The van der Waals surface area contributed by atoms with E-state index in [-0.39, 0.29) is 24.0 Å². The number of hydrogen-bond donors (Lipinski definition) is 1. The summed E-state index contributed by atoms with van der Waals surface area (Å²) in [6.45, 7) is 2.14. The average Bonchev–Trinajstić information content (AvgIpc) is 3.32. The second-order valence-electron chi connectivity index (χ2n) is 6.28. The van der Waals surface area contributed by atoms with Crippen molar-refractivity contribution in [1.82, 2.24) is 4.98 Å². The van der Waals surface area contributed by atoms with E-state index in [4.69, 9.17) is 4.74 Å². The molecule has 0 bridgehead atoms. The number of amides is 1. The summed E-state index contributed by atoms with van der Waals surface area (Å²) >= 11 is 2.71. The molecule has 4 aromatic rings. The number of rotatable bonds is 6. The van der Waals surface area contributed by atoms with Crippen LogP contribution in [0.25, 0.3) is 10.2 Å². The number of carbonyl (C=O) groups excluding carboxylic acids is 1. The minimum Gasteiger partial charge on any atom is -0.482 e. The lowest BCUT2D eigenvalue weighted by Crippen LogP contribution is -2.09. The van der Waals surface area contributed by atoms with Crippen molar-refractivity contribution in [3.8, 4) is 5.75 Å². The highest BCUT2D eigenvalue weighted by atomic mass is 32.1. The molecule has 0 spiro atoms. The Morgan fingerprint density at radius 1 is 1.24 bits per heavy atom. The summed E-state index contributed by atoms with van der Waals surface area (Å²) in [4.78, 5) is 28.0. The van der Waals surface area contributed by atoms with Crippen molar-refractivity contribution in [2.24, 2.45) is 0 Å². The molecular weight excluding hydrogens is 410 g/mol. The highest BCUT2D eigenvalue weighted by Crippen LogP contribution is 2.29. The Balaban J connectivity index is 1.43. The Morgan fingerprint density at radius 3 is 2.90 bits per heavy atom. The number of fused-ring (bicyclic) bond motifs is 1. The van der Waals surface area contributed by atoms with E-state index in [1.54, 1.807) is 29.6 Å². The van der Waals surface area contributed by atoms with Gasteiger partial charge in [-0.3, -0.25) is 20.2 Å². The third-order valence-electron chi connectivity index (χ3n) is 4.10. The number of hydrogen-bond acceptors (Lipinski definition) is 7. The zero-order valence-corrected chi connectivity index (χ0v) is 16.9. The van der Waals surface area contributed by atoms with Crippen LogP contribution in [0.5, 0.6) is 5.75 Å². The SMILES string of the molecule is Cc1ccc2nc(NC(=O)c3cc(COc4ccccc4[N+](=O)[O-])cs3)sc2c1. The zero-order chi connectivity index (χ0) is 20.4. The van der Waals surface area contributed by atoms with Gasteiger partial charge in [0.1, 0.15) is 6.61 Å². The van der Waals surface area contributed by atoms with E-state index < -0.39 is 4.92 Å². The van der Waals surface area contributed by atoms with Gasteiger partial charge in [-0.1, -0.05) is 29.5 Å². The number of nitrogens with one attached hydrogen (secondary N) is 1. The fourth-order valence-corrected chi connectivity index (χ4v) is 4.46. The number of anilines is 1. The van der Waals surface area contributed by atoms with Crippen LogP contribution in [-0.2, 0) is 6.61 Å². The summed E-state index contributed by atoms with van der Waals surface area (Å²) in [6.07, 6.45) is 0. The van der Waals surface area contributed by atoms with Gasteiger partial charge < -0.3 is 4.74 Å². The molecule has 1 amide bonds. The number of ether oxygens (including phenoxy) is 1. The first kappa shape index (κ1) is 19.0. The molecule has 0 saturated carbocycles. The molecule has 0 aliphatic heterocycles. The Labute approximate surface area is 173 Å². The molecule has 0 atom stereocenters. The lowest BCUT2D eigenvalue weighted by Gasteiger charge is -2.04. The number of aromatic nitrogens is 1. The van der Waals surface area contributed by atoms with Crippen molar-refractivity contribution in [2.45, 2.75) is 13.5 Å². The maximum atomic E-state index is 12.5. The van der Waals surface area contributed by atoms with E-state index in [0.29, 0.717) is 10.0 Å². The van der Waals surface area contributed by atoms with Gasteiger partial charge in [0.15, 0.2) is 10.9 Å². The Hall–Kier alpha value is -3.30. The van der Waals surface area contributed by atoms with Crippen LogP contribution in [0.3, 0.4) is 0 Å². The molecule has 9 heteroatoms. The molecule has 2 aromatic heterocycles. The van der Waals surface area contributed by atoms with Crippen molar-refractivity contribution < 1.29 is 14.5 Å². The first-order chi connectivity index (χ1) is 14.0. The van der Waals surface area contributed by atoms with E-state index in [1.807, 2.05) is 25.1 Å². The van der Waals surface area contributed by atoms with Gasteiger partial charge in [0.25, 0.3) is 5.91 Å². The lowest BCUT2D eigenvalue weighted by atomic mass is 10.2. The number of thiophene rings is 1. The zero-order valence-electron chi connectivity index (χ0n) is 15.2. The molecule has 1 N–H and O–H groups in total. The van der Waals surface area contributed by atoms with Crippen LogP contribution in [0.4, 0.5) is 10.8 Å². The number of thiazole rings is 1. The fourth-order valence-electron chi connectivity index (χ4n) is 2.71. The summed E-state index contributed by atoms with van der Waals surface area (Å²) in [6, 6.07) is 13.9. The van der Waals surface area contributed by atoms with Gasteiger partial charge in [-0.25, -0.2) is 4.98 Å². The monoisotopic (exact) mass is 425 g/mol. The van der Waals surface area contributed by atoms with Gasteiger partial charge in [-0.05, 0) is 42.1 Å². The van der Waals surface area contributed by atoms with E-state index in [1.165, 1.54) is 28.7 Å². The van der Waals surface area contributed by atoms with Crippen LogP contribution in [0.2, 0.25) is 0 Å². The van der Waals surface area contributed by atoms with Crippen molar-refractivity contribution in [1.29, 1.82) is 0 Å². The summed E-state index contributed by atoms with van der Waals surface area (Å²) in [5, 5.41) is 16.2. The number of benzene rings is 2. The van der Waals surface area contributed by atoms with Crippen LogP contribution in [0.1, 0.15) is 20.8 Å². The van der Waals surface area contributed by atoms with E-state index in [9.17, 15) is 14.9 Å². The third kappa shape index (κ3) is 4.25. The molecule has 4 rings (SSSR count). The number of nitro groups is 1. The first-order valence-electron chi connectivity index (χ1n) is 8.62. The lowest BCUT2D eigenvalue weighted by molar-refractivity contribution is -0.385. The average molecular weight is 425 g/mol. The van der Waals surface area contributed by atoms with Gasteiger partial charge in [0, 0.05) is 11.6 Å². The second kappa shape index (κ2) is 7.98. The molecule has 0 fully saturated rings. The minimum atomic E-state index is -0.485. The molecule has 0 radical (unpaired) electrons. The Bertz CT molecular complexity index is 1220. The van der Waals surface area contributed by atoms with Gasteiger partial charge in [-0.2, -0.15) is 0 Å². The number of nitrogens with zero attached hydrogens (tertiary/aromatic N) is 2. The van der Waals surface area contributed by atoms with Crippen molar-refractivity contribution in [3.05, 3.63) is 80.0 Å². The van der Waals surface area contributed by atoms with Crippen molar-refractivity contribution in [3.63, 3.8) is 0 Å². The summed E-state index contributed by atoms with van der Waals surface area (Å²) in [5.74, 6) is -0.0535. The van der Waals surface area contributed by atoms with Crippen LogP contribution in [0, 0.1) is 17.0 Å². The molecule has 29 heavy (non-hydrogen) atoms. The fraction of sp³-hybridized carbons (Fsp3) is 0.100. The Kier molecular flexibility index (Phi) is 5.24. The van der Waals surface area contributed by atoms with E-state index >= 15 is 0 Å². The van der Waals surface area contributed by atoms with Gasteiger partial charge in [-0.15, -0.1) is 11.3 Å². The number of para-hydroxylation sites is 2. The molecule has 146 valence electrons. The highest BCUT2D eigenvalue weighted by Gasteiger charge is 2.16. The maximum absolute atomic E-state index is 12.5. The highest BCUT2D eigenvalue weighted by molar-refractivity contribution is 7.22. The molecule has 0 aliphatic rings. The predicted molar refractivity (Wildman–Crippen MR) is 114 cm³/mol. The largest absolute Gasteiger partial charge is 0.482 e. The van der Waals surface area contributed by atoms with Gasteiger partial charge in [0.05, 0.1) is 20.0 Å². The molecule has 0 unspecified atom stereocenters. The molecule has 2 heterocycles. The van der Waals surface area contributed by atoms with E-state index in [0.717, 1.165) is 21.3 Å².